The number of nitrogens with zero attached hydrogens (tertiary/aromatic N) is 1. The highest BCUT2D eigenvalue weighted by molar-refractivity contribution is 5.85. The van der Waals surface area contributed by atoms with Gasteiger partial charge in [0.15, 0.2) is 0 Å². The summed E-state index contributed by atoms with van der Waals surface area (Å²) in [6.07, 6.45) is 0. The van der Waals surface area contributed by atoms with Crippen LogP contribution in [0.25, 0.3) is 0 Å². The average molecular weight is 363 g/mol. The van der Waals surface area contributed by atoms with Crippen molar-refractivity contribution in [1.82, 2.24) is 0 Å². The van der Waals surface area contributed by atoms with Gasteiger partial charge in [0.2, 0.25) is 5.91 Å². The van der Waals surface area contributed by atoms with Crippen LogP contribution in [0.3, 0.4) is 0 Å². The number of halogens is 1. The molecule has 0 saturated carbocycles. The molecule has 1 atom stereocenters. The summed E-state index contributed by atoms with van der Waals surface area (Å²) < 4.78 is 19.1. The number of carbonyl (C=O) groups excluding carboxylic acids is 1. The van der Waals surface area contributed by atoms with Crippen LogP contribution in [0.5, 0.6) is 11.5 Å². The number of benzene rings is 3. The molecule has 0 fully saturated rings. The van der Waals surface area contributed by atoms with E-state index in [1.165, 1.54) is 12.1 Å². The molecule has 3 rings (SSSR count). The van der Waals surface area contributed by atoms with Gasteiger partial charge in [0, 0.05) is 24.9 Å². The predicted molar refractivity (Wildman–Crippen MR) is 104 cm³/mol. The zero-order chi connectivity index (χ0) is 19.4. The lowest BCUT2D eigenvalue weighted by Crippen LogP contribution is -2.35. The van der Waals surface area contributed by atoms with E-state index < -0.39 is 11.9 Å². The van der Waals surface area contributed by atoms with Gasteiger partial charge in [-0.3, -0.25) is 4.79 Å². The molecule has 0 bridgehead atoms. The third kappa shape index (κ3) is 4.26. The number of rotatable bonds is 6. The third-order valence-corrected chi connectivity index (χ3v) is 4.24. The van der Waals surface area contributed by atoms with Crippen LogP contribution in [0.1, 0.15) is 17.2 Å². The molecule has 27 heavy (non-hydrogen) atoms. The first-order valence-electron chi connectivity index (χ1n) is 8.42. The maximum atomic E-state index is 13.4. The van der Waals surface area contributed by atoms with Crippen molar-refractivity contribution in [1.29, 1.82) is 0 Å². The molecule has 1 amide bonds. The molecule has 0 heterocycles. The Morgan fingerprint density at radius 3 is 2.41 bits per heavy atom. The second-order valence-electron chi connectivity index (χ2n) is 6.18. The van der Waals surface area contributed by atoms with Crippen molar-refractivity contribution in [3.63, 3.8) is 0 Å². The van der Waals surface area contributed by atoms with E-state index >= 15 is 0 Å². The molecule has 0 aliphatic carbocycles. The monoisotopic (exact) mass is 363 g/mol. The molecule has 0 saturated heterocycles. The van der Waals surface area contributed by atoms with E-state index in [1.807, 2.05) is 30.3 Å². The zero-order valence-electron chi connectivity index (χ0n) is 14.9. The Labute approximate surface area is 158 Å². The smallest absolute Gasteiger partial charge is 0.244 e. The van der Waals surface area contributed by atoms with Crippen LogP contribution in [0.4, 0.5) is 10.1 Å². The lowest BCUT2D eigenvalue weighted by molar-refractivity contribution is -0.119. The van der Waals surface area contributed by atoms with Crippen molar-refractivity contribution in [2.24, 2.45) is 5.73 Å². The van der Waals surface area contributed by atoms with E-state index in [4.69, 9.17) is 10.5 Å². The summed E-state index contributed by atoms with van der Waals surface area (Å²) >= 11 is 0. The van der Waals surface area contributed by atoms with Crippen LogP contribution in [0.15, 0.2) is 72.8 Å². The second kappa shape index (κ2) is 7.91. The van der Waals surface area contributed by atoms with E-state index in [2.05, 4.69) is 6.92 Å². The van der Waals surface area contributed by atoms with E-state index in [0.717, 1.165) is 5.56 Å². The van der Waals surface area contributed by atoms with Crippen molar-refractivity contribution in [3.05, 3.63) is 96.7 Å². The summed E-state index contributed by atoms with van der Waals surface area (Å²) in [5, 5.41) is 0. The zero-order valence-corrected chi connectivity index (χ0v) is 14.9. The molecule has 0 spiro atoms. The molecule has 0 unspecified atom stereocenters. The lowest BCUT2D eigenvalue weighted by Gasteiger charge is -2.29. The fourth-order valence-electron chi connectivity index (χ4n) is 2.96. The minimum atomic E-state index is -0.656. The molecule has 0 aromatic heterocycles. The normalized spacial score (nSPS) is 11.7. The number of carbonyl (C=O) groups is 1. The van der Waals surface area contributed by atoms with Crippen molar-refractivity contribution in [3.8, 4) is 11.5 Å². The molecule has 137 valence electrons. The largest absolute Gasteiger partial charge is 0.457 e. The fraction of sp³-hybridized carbons (Fsp3) is 0.0909. The SMILES string of the molecule is [CH2]c1ccc(Oc2cccc(F)c2)cc1N(C)[C@H](C(N)=O)c1ccccc1. The highest BCUT2D eigenvalue weighted by Crippen LogP contribution is 2.33. The number of anilines is 1. The van der Waals surface area contributed by atoms with Gasteiger partial charge in [-0.05, 0) is 36.2 Å². The molecule has 2 N–H and O–H groups in total. The highest BCUT2D eigenvalue weighted by atomic mass is 19.1. The average Bonchev–Trinajstić information content (AvgIpc) is 2.64. The highest BCUT2D eigenvalue weighted by Gasteiger charge is 2.24. The van der Waals surface area contributed by atoms with Gasteiger partial charge in [-0.2, -0.15) is 0 Å². The van der Waals surface area contributed by atoms with Crippen LogP contribution in [-0.2, 0) is 4.79 Å². The minimum Gasteiger partial charge on any atom is -0.457 e. The van der Waals surface area contributed by atoms with Gasteiger partial charge in [0.25, 0.3) is 0 Å². The Morgan fingerprint density at radius 2 is 1.74 bits per heavy atom. The van der Waals surface area contributed by atoms with Crippen LogP contribution >= 0.6 is 0 Å². The summed E-state index contributed by atoms with van der Waals surface area (Å²) in [6, 6.07) is 19.8. The summed E-state index contributed by atoms with van der Waals surface area (Å²) in [7, 11) is 1.78. The van der Waals surface area contributed by atoms with Crippen molar-refractivity contribution < 1.29 is 13.9 Å². The Balaban J connectivity index is 1.94. The molecule has 5 heteroatoms. The van der Waals surface area contributed by atoms with Gasteiger partial charge < -0.3 is 15.4 Å². The van der Waals surface area contributed by atoms with E-state index in [9.17, 15) is 9.18 Å². The molecule has 3 aromatic carbocycles. The van der Waals surface area contributed by atoms with Crippen molar-refractivity contribution >= 4 is 11.6 Å². The molecular formula is C22H20FN2O2. The lowest BCUT2D eigenvalue weighted by atomic mass is 10.0. The van der Waals surface area contributed by atoms with E-state index in [-0.39, 0.29) is 5.82 Å². The third-order valence-electron chi connectivity index (χ3n) is 4.24. The molecule has 1 radical (unpaired) electrons. The number of likely N-dealkylation sites (N-methyl/N-ethyl adjacent to an activating group) is 1. The predicted octanol–water partition coefficient (Wildman–Crippen LogP) is 4.46. The van der Waals surface area contributed by atoms with Crippen molar-refractivity contribution in [2.45, 2.75) is 6.04 Å². The Hall–Kier alpha value is -3.34. The van der Waals surface area contributed by atoms with E-state index in [0.29, 0.717) is 22.7 Å². The van der Waals surface area contributed by atoms with Gasteiger partial charge in [0.05, 0.1) is 0 Å². The summed E-state index contributed by atoms with van der Waals surface area (Å²) in [4.78, 5) is 13.9. The second-order valence-corrected chi connectivity index (χ2v) is 6.18. The van der Waals surface area contributed by atoms with Crippen LogP contribution in [0, 0.1) is 12.7 Å². The molecule has 3 aromatic rings. The quantitative estimate of drug-likeness (QED) is 0.703. The molecule has 0 aliphatic heterocycles. The number of hydrogen-bond acceptors (Lipinski definition) is 3. The standard InChI is InChI=1S/C22H20FN2O2/c1-15-11-12-19(27-18-10-6-9-17(23)13-18)14-20(15)25(2)21(22(24)26)16-7-4-3-5-8-16/h3-14,21H,1H2,2H3,(H2,24,26)/t21-/m0/s1. The van der Waals surface area contributed by atoms with Crippen molar-refractivity contribution in [2.75, 3.05) is 11.9 Å². The maximum Gasteiger partial charge on any atom is 0.244 e. The first kappa shape index (κ1) is 18.5. The Kier molecular flexibility index (Phi) is 5.41. The van der Waals surface area contributed by atoms with Crippen LogP contribution < -0.4 is 15.4 Å². The Bertz CT molecular complexity index is 944. The van der Waals surface area contributed by atoms with Crippen LogP contribution in [0.2, 0.25) is 0 Å². The maximum absolute atomic E-state index is 13.4. The van der Waals surface area contributed by atoms with E-state index in [1.54, 1.807) is 42.3 Å². The molecule has 0 aliphatic rings. The summed E-state index contributed by atoms with van der Waals surface area (Å²) in [5.74, 6) is 0.0390. The number of hydrogen-bond donors (Lipinski definition) is 1. The molecular weight excluding hydrogens is 343 g/mol. The number of primary amides is 1. The molecule has 4 nitrogen and oxygen atoms in total. The summed E-state index contributed by atoms with van der Waals surface area (Å²) in [6.45, 7) is 4.03. The van der Waals surface area contributed by atoms with Gasteiger partial charge in [-0.15, -0.1) is 0 Å². The minimum absolute atomic E-state index is 0.378. The van der Waals surface area contributed by atoms with Gasteiger partial charge >= 0.3 is 0 Å². The summed E-state index contributed by atoms with van der Waals surface area (Å²) in [5.41, 5.74) is 7.85. The fourth-order valence-corrected chi connectivity index (χ4v) is 2.96. The van der Waals surface area contributed by atoms with Crippen LogP contribution in [-0.4, -0.2) is 13.0 Å². The van der Waals surface area contributed by atoms with Gasteiger partial charge in [-0.1, -0.05) is 42.5 Å². The first-order chi connectivity index (χ1) is 13.0. The topological polar surface area (TPSA) is 55.6 Å². The number of ether oxygens (including phenoxy) is 1. The first-order valence-corrected chi connectivity index (χ1v) is 8.42. The number of nitrogens with two attached hydrogens (primary N) is 1. The number of amides is 1. The Morgan fingerprint density at radius 1 is 1.04 bits per heavy atom. The van der Waals surface area contributed by atoms with Gasteiger partial charge in [-0.25, -0.2) is 4.39 Å². The van der Waals surface area contributed by atoms with Gasteiger partial charge in [0.1, 0.15) is 23.4 Å².